The van der Waals surface area contributed by atoms with Gasteiger partial charge in [-0.15, -0.1) is 0 Å². The van der Waals surface area contributed by atoms with Gasteiger partial charge in [-0.05, 0) is 61.7 Å². The first-order chi connectivity index (χ1) is 18.1. The van der Waals surface area contributed by atoms with Crippen LogP contribution < -0.4 is 19.3 Å². The van der Waals surface area contributed by atoms with Crippen molar-refractivity contribution in [2.45, 2.75) is 35.8 Å². The number of rotatable bonds is 5. The molecule has 0 aromatic heterocycles. The van der Waals surface area contributed by atoms with Crippen molar-refractivity contribution < 1.29 is 28.7 Å². The second-order valence-corrected chi connectivity index (χ2v) is 12.6. The van der Waals surface area contributed by atoms with Gasteiger partial charge in [-0.3, -0.25) is 19.2 Å². The van der Waals surface area contributed by atoms with Crippen LogP contribution in [0.5, 0.6) is 11.5 Å². The first kappa shape index (κ1) is 27.1. The average molecular weight is 669 g/mol. The predicted octanol–water partition coefficient (Wildman–Crippen LogP) is 5.04. The van der Waals surface area contributed by atoms with E-state index >= 15 is 0 Å². The molecule has 1 aliphatic carbocycles. The van der Waals surface area contributed by atoms with Crippen molar-refractivity contribution in [3.05, 3.63) is 47.0 Å². The van der Waals surface area contributed by atoms with E-state index in [1.165, 1.54) is 16.9 Å². The SMILES string of the molecule is COc1ccc(Cl)cc1N1C[C@H](C(=O)Oc2ccc(N3C(=O)[C@H]4C[C@H](Br)[C@@H](Br)C[C@H]4C3=O)c(C)c2)CC1=O. The Kier molecular flexibility index (Phi) is 7.59. The molecule has 0 bridgehead atoms. The van der Waals surface area contributed by atoms with Gasteiger partial charge in [0.15, 0.2) is 0 Å². The van der Waals surface area contributed by atoms with Crippen LogP contribution in [0.4, 0.5) is 11.4 Å². The molecule has 5 atom stereocenters. The number of halogens is 3. The van der Waals surface area contributed by atoms with Crippen molar-refractivity contribution >= 4 is 78.5 Å². The number of anilines is 2. The first-order valence-corrected chi connectivity index (χ1v) is 14.4. The maximum atomic E-state index is 13.2. The molecule has 11 heteroatoms. The number of amides is 3. The number of methoxy groups -OCH3 is 1. The number of hydrogen-bond acceptors (Lipinski definition) is 6. The normalized spacial score (nSPS) is 27.1. The summed E-state index contributed by atoms with van der Waals surface area (Å²) in [7, 11) is 1.50. The maximum absolute atomic E-state index is 13.2. The number of imide groups is 1. The molecule has 0 radical (unpaired) electrons. The highest BCUT2D eigenvalue weighted by Crippen LogP contribution is 2.45. The summed E-state index contributed by atoms with van der Waals surface area (Å²) < 4.78 is 11.0. The fraction of sp³-hybridized carbons (Fsp3) is 0.407. The molecule has 38 heavy (non-hydrogen) atoms. The van der Waals surface area contributed by atoms with Crippen LogP contribution in [0.1, 0.15) is 24.8 Å². The van der Waals surface area contributed by atoms with Crippen LogP contribution in [0.25, 0.3) is 0 Å². The molecule has 3 aliphatic rings. The molecule has 0 unspecified atom stereocenters. The van der Waals surface area contributed by atoms with E-state index in [-0.39, 0.29) is 57.9 Å². The summed E-state index contributed by atoms with van der Waals surface area (Å²) in [6, 6.07) is 9.79. The number of benzene rings is 2. The van der Waals surface area contributed by atoms with Crippen LogP contribution in [0, 0.1) is 24.7 Å². The third-order valence-corrected chi connectivity index (χ3v) is 10.4. The van der Waals surface area contributed by atoms with Gasteiger partial charge in [0.2, 0.25) is 17.7 Å². The monoisotopic (exact) mass is 666 g/mol. The molecule has 200 valence electrons. The molecular weight excluding hydrogens is 644 g/mol. The van der Waals surface area contributed by atoms with Gasteiger partial charge in [-0.1, -0.05) is 43.5 Å². The van der Waals surface area contributed by atoms with E-state index in [1.54, 1.807) is 43.3 Å². The molecule has 8 nitrogen and oxygen atoms in total. The molecule has 3 fully saturated rings. The number of esters is 1. The van der Waals surface area contributed by atoms with E-state index < -0.39 is 11.9 Å². The lowest BCUT2D eigenvalue weighted by Crippen LogP contribution is -2.34. The van der Waals surface area contributed by atoms with Crippen LogP contribution in [-0.2, 0) is 19.2 Å². The smallest absolute Gasteiger partial charge is 0.316 e. The molecule has 2 saturated heterocycles. The van der Waals surface area contributed by atoms with Crippen molar-refractivity contribution in [1.29, 1.82) is 0 Å². The molecule has 3 amide bonds. The Hall–Kier alpha value is -2.43. The van der Waals surface area contributed by atoms with E-state index in [0.29, 0.717) is 40.6 Å². The highest BCUT2D eigenvalue weighted by atomic mass is 79.9. The van der Waals surface area contributed by atoms with Gasteiger partial charge in [0.05, 0.1) is 36.2 Å². The minimum Gasteiger partial charge on any atom is -0.495 e. The minimum absolute atomic E-state index is 0.00570. The quantitative estimate of drug-likeness (QED) is 0.192. The Balaban J connectivity index is 1.29. The van der Waals surface area contributed by atoms with E-state index in [2.05, 4.69) is 31.9 Å². The fourth-order valence-electron chi connectivity index (χ4n) is 5.45. The van der Waals surface area contributed by atoms with Crippen LogP contribution in [-0.4, -0.2) is 47.0 Å². The predicted molar refractivity (Wildman–Crippen MR) is 149 cm³/mol. The van der Waals surface area contributed by atoms with Gasteiger partial charge in [0, 0.05) is 27.6 Å². The van der Waals surface area contributed by atoms with Crippen molar-refractivity contribution in [3.63, 3.8) is 0 Å². The van der Waals surface area contributed by atoms with E-state index in [1.807, 2.05) is 0 Å². The van der Waals surface area contributed by atoms with Crippen LogP contribution >= 0.6 is 43.5 Å². The molecule has 2 heterocycles. The average Bonchev–Trinajstić information content (AvgIpc) is 3.37. The van der Waals surface area contributed by atoms with E-state index in [9.17, 15) is 19.2 Å². The van der Waals surface area contributed by atoms with Crippen molar-refractivity contribution in [1.82, 2.24) is 0 Å². The number of carbonyl (C=O) groups excluding carboxylic acids is 4. The third-order valence-electron chi connectivity index (χ3n) is 7.43. The van der Waals surface area contributed by atoms with Crippen molar-refractivity contribution in [2.24, 2.45) is 17.8 Å². The lowest BCUT2D eigenvalue weighted by Gasteiger charge is -2.29. The summed E-state index contributed by atoms with van der Waals surface area (Å²) >= 11 is 13.3. The number of fused-ring (bicyclic) bond motifs is 1. The molecule has 0 spiro atoms. The molecule has 0 N–H and O–H groups in total. The summed E-state index contributed by atoms with van der Waals surface area (Å²) in [6.45, 7) is 1.90. The van der Waals surface area contributed by atoms with E-state index in [0.717, 1.165) is 0 Å². The van der Waals surface area contributed by atoms with Crippen LogP contribution in [0.3, 0.4) is 0 Å². The number of hydrogen-bond donors (Lipinski definition) is 0. The Labute approximate surface area is 241 Å². The van der Waals surface area contributed by atoms with Gasteiger partial charge in [-0.25, -0.2) is 4.90 Å². The summed E-state index contributed by atoms with van der Waals surface area (Å²) in [4.78, 5) is 55.0. The Bertz CT molecular complexity index is 1310. The van der Waals surface area contributed by atoms with Gasteiger partial charge in [-0.2, -0.15) is 0 Å². The number of aryl methyl sites for hydroxylation is 1. The highest BCUT2D eigenvalue weighted by Gasteiger charge is 2.52. The molecule has 2 aromatic carbocycles. The minimum atomic E-state index is -0.676. The lowest BCUT2D eigenvalue weighted by molar-refractivity contribution is -0.139. The summed E-state index contributed by atoms with van der Waals surface area (Å²) in [5.74, 6) is -1.78. The second-order valence-electron chi connectivity index (χ2n) is 9.82. The van der Waals surface area contributed by atoms with Crippen LogP contribution in [0.15, 0.2) is 36.4 Å². The van der Waals surface area contributed by atoms with Gasteiger partial charge in [0.25, 0.3) is 0 Å². The zero-order valence-corrected chi connectivity index (χ0v) is 24.6. The largest absolute Gasteiger partial charge is 0.495 e. The first-order valence-electron chi connectivity index (χ1n) is 12.2. The maximum Gasteiger partial charge on any atom is 0.316 e. The summed E-state index contributed by atoms with van der Waals surface area (Å²) in [6.07, 6.45) is 1.18. The van der Waals surface area contributed by atoms with E-state index in [4.69, 9.17) is 21.1 Å². The fourth-order valence-corrected chi connectivity index (χ4v) is 6.85. The molecule has 5 rings (SSSR count). The lowest BCUT2D eigenvalue weighted by atomic mass is 9.81. The van der Waals surface area contributed by atoms with Crippen molar-refractivity contribution in [3.8, 4) is 11.5 Å². The number of carbonyl (C=O) groups is 4. The van der Waals surface area contributed by atoms with Crippen LogP contribution in [0.2, 0.25) is 5.02 Å². The Morgan fingerprint density at radius 2 is 1.63 bits per heavy atom. The van der Waals surface area contributed by atoms with Gasteiger partial charge >= 0.3 is 5.97 Å². The molecular formula is C27H25Br2ClN2O6. The highest BCUT2D eigenvalue weighted by molar-refractivity contribution is 9.12. The van der Waals surface area contributed by atoms with Gasteiger partial charge in [0.1, 0.15) is 11.5 Å². The summed E-state index contributed by atoms with van der Waals surface area (Å²) in [5, 5.41) is 0.448. The second kappa shape index (κ2) is 10.6. The Morgan fingerprint density at radius 3 is 2.24 bits per heavy atom. The zero-order chi connectivity index (χ0) is 27.3. The topological polar surface area (TPSA) is 93.2 Å². The molecule has 2 aromatic rings. The Morgan fingerprint density at radius 1 is 0.974 bits per heavy atom. The number of nitrogens with zero attached hydrogens (tertiary/aromatic N) is 2. The number of ether oxygens (including phenoxy) is 2. The zero-order valence-electron chi connectivity index (χ0n) is 20.7. The molecule has 2 aliphatic heterocycles. The molecule has 1 saturated carbocycles. The standard InChI is InChI=1S/C27H25Br2ClN2O6/c1-13-7-16(4-5-21(13)32-25(34)17-10-19(28)20(29)11-18(17)26(32)35)38-27(36)14-8-24(33)31(12-14)22-9-15(30)3-6-23(22)37-2/h3-7,9,14,17-20H,8,10-12H2,1-2H3/t14-,17-,18+,19+,20+/m1/s1. The van der Waals surface area contributed by atoms with Gasteiger partial charge < -0.3 is 14.4 Å². The number of alkyl halides is 2. The van der Waals surface area contributed by atoms with Crippen molar-refractivity contribution in [2.75, 3.05) is 23.5 Å². The third kappa shape index (κ3) is 4.86. The summed E-state index contributed by atoms with van der Waals surface area (Å²) in [5.41, 5.74) is 1.62.